The zero-order valence-electron chi connectivity index (χ0n) is 11.7. The van der Waals surface area contributed by atoms with Crippen molar-refractivity contribution in [2.75, 3.05) is 13.7 Å². The molecule has 0 radical (unpaired) electrons. The van der Waals surface area contributed by atoms with Gasteiger partial charge in [-0.3, -0.25) is 0 Å². The second-order valence-corrected chi connectivity index (χ2v) is 7.69. The maximum absolute atomic E-state index is 12.4. The standard InChI is InChI=1S/C13H18Cl2N2O3S/c1-20-13(3-2-4-13)8-17-21(18,19)12-5-9(7-16)10(14)6-11(12)15/h5-6,17H,2-4,7-8,16H2,1H3. The molecule has 118 valence electrons. The molecule has 21 heavy (non-hydrogen) atoms. The number of rotatable bonds is 6. The molecule has 2 rings (SSSR count). The smallest absolute Gasteiger partial charge is 0.242 e. The number of ether oxygens (including phenoxy) is 1. The van der Waals surface area contributed by atoms with E-state index in [-0.39, 0.29) is 23.0 Å². The summed E-state index contributed by atoms with van der Waals surface area (Å²) in [6.45, 7) is 0.364. The topological polar surface area (TPSA) is 81.4 Å². The van der Waals surface area contributed by atoms with Crippen molar-refractivity contribution in [3.05, 3.63) is 27.7 Å². The summed E-state index contributed by atoms with van der Waals surface area (Å²) in [5.74, 6) is 0. The van der Waals surface area contributed by atoms with Crippen molar-refractivity contribution in [2.45, 2.75) is 36.3 Å². The molecule has 1 aliphatic rings. The molecular formula is C13H18Cl2N2O3S. The van der Waals surface area contributed by atoms with Gasteiger partial charge >= 0.3 is 0 Å². The number of hydrogen-bond acceptors (Lipinski definition) is 4. The number of sulfonamides is 1. The highest BCUT2D eigenvalue weighted by Gasteiger charge is 2.38. The summed E-state index contributed by atoms with van der Waals surface area (Å²) in [4.78, 5) is -0.0143. The summed E-state index contributed by atoms with van der Waals surface area (Å²) >= 11 is 12.0. The quantitative estimate of drug-likeness (QED) is 0.822. The van der Waals surface area contributed by atoms with Crippen molar-refractivity contribution in [2.24, 2.45) is 5.73 Å². The van der Waals surface area contributed by atoms with E-state index >= 15 is 0 Å². The number of nitrogens with two attached hydrogens (primary N) is 1. The van der Waals surface area contributed by atoms with Crippen LogP contribution in [-0.2, 0) is 21.3 Å². The zero-order valence-corrected chi connectivity index (χ0v) is 14.0. The van der Waals surface area contributed by atoms with Crippen LogP contribution in [0, 0.1) is 0 Å². The third-order valence-electron chi connectivity index (χ3n) is 3.89. The van der Waals surface area contributed by atoms with Gasteiger partial charge in [0.1, 0.15) is 4.90 Å². The van der Waals surface area contributed by atoms with Gasteiger partial charge in [-0.05, 0) is 37.0 Å². The van der Waals surface area contributed by atoms with Gasteiger partial charge in [-0.1, -0.05) is 23.2 Å². The van der Waals surface area contributed by atoms with Crippen LogP contribution in [0.5, 0.6) is 0 Å². The summed E-state index contributed by atoms with van der Waals surface area (Å²) in [6, 6.07) is 2.81. The lowest BCUT2D eigenvalue weighted by atomic mass is 9.80. The maximum Gasteiger partial charge on any atom is 0.242 e. The Morgan fingerprint density at radius 3 is 2.48 bits per heavy atom. The highest BCUT2D eigenvalue weighted by atomic mass is 35.5. The SMILES string of the molecule is COC1(CNS(=O)(=O)c2cc(CN)c(Cl)cc2Cl)CCC1. The van der Waals surface area contributed by atoms with E-state index in [2.05, 4.69) is 4.72 Å². The van der Waals surface area contributed by atoms with Gasteiger partial charge in [0.15, 0.2) is 0 Å². The lowest BCUT2D eigenvalue weighted by Gasteiger charge is -2.40. The highest BCUT2D eigenvalue weighted by molar-refractivity contribution is 7.89. The number of methoxy groups -OCH3 is 1. The molecule has 5 nitrogen and oxygen atoms in total. The van der Waals surface area contributed by atoms with E-state index < -0.39 is 15.6 Å². The van der Waals surface area contributed by atoms with Crippen LogP contribution in [0.15, 0.2) is 17.0 Å². The molecule has 0 aromatic heterocycles. The molecule has 8 heteroatoms. The average molecular weight is 353 g/mol. The molecule has 1 aliphatic carbocycles. The van der Waals surface area contributed by atoms with Crippen LogP contribution in [0.1, 0.15) is 24.8 Å². The van der Waals surface area contributed by atoms with E-state index in [0.29, 0.717) is 10.6 Å². The second kappa shape index (κ2) is 6.40. The van der Waals surface area contributed by atoms with E-state index in [0.717, 1.165) is 19.3 Å². The summed E-state index contributed by atoms with van der Waals surface area (Å²) in [7, 11) is -2.14. The fourth-order valence-electron chi connectivity index (χ4n) is 2.26. The first-order valence-electron chi connectivity index (χ1n) is 6.56. The Hall–Kier alpha value is -0.370. The van der Waals surface area contributed by atoms with E-state index in [1.54, 1.807) is 7.11 Å². The molecule has 0 atom stereocenters. The summed E-state index contributed by atoms with van der Waals surface area (Å²) in [5, 5.41) is 0.429. The second-order valence-electron chi connectivity index (χ2n) is 5.14. The van der Waals surface area contributed by atoms with Crippen LogP contribution < -0.4 is 10.5 Å². The Morgan fingerprint density at radius 1 is 1.33 bits per heavy atom. The van der Waals surface area contributed by atoms with E-state index in [4.69, 9.17) is 33.7 Å². The fraction of sp³-hybridized carbons (Fsp3) is 0.538. The van der Waals surface area contributed by atoms with E-state index in [1.165, 1.54) is 12.1 Å². The van der Waals surface area contributed by atoms with Gasteiger partial charge in [0.05, 0.1) is 10.6 Å². The minimum Gasteiger partial charge on any atom is -0.377 e. The molecule has 0 spiro atoms. The molecule has 0 saturated heterocycles. The van der Waals surface area contributed by atoms with Gasteiger partial charge < -0.3 is 10.5 Å². The Balaban J connectivity index is 2.23. The Bertz CT molecular complexity index is 625. The summed E-state index contributed by atoms with van der Waals surface area (Å²) < 4.78 is 32.8. The number of hydrogen-bond donors (Lipinski definition) is 2. The first-order chi connectivity index (χ1) is 9.83. The van der Waals surface area contributed by atoms with Crippen molar-refractivity contribution in [3.63, 3.8) is 0 Å². The predicted octanol–water partition coefficient (Wildman–Crippen LogP) is 2.30. The summed E-state index contributed by atoms with van der Waals surface area (Å²) in [5.41, 5.74) is 5.68. The van der Waals surface area contributed by atoms with Gasteiger partial charge in [-0.15, -0.1) is 0 Å². The third-order valence-corrected chi connectivity index (χ3v) is 6.11. The monoisotopic (exact) mass is 352 g/mol. The summed E-state index contributed by atoms with van der Waals surface area (Å²) in [6.07, 6.45) is 2.72. The Kier molecular flexibility index (Phi) is 5.18. The van der Waals surface area contributed by atoms with Crippen LogP contribution in [0.4, 0.5) is 0 Å². The van der Waals surface area contributed by atoms with Crippen molar-refractivity contribution >= 4 is 33.2 Å². The molecule has 0 amide bonds. The largest absolute Gasteiger partial charge is 0.377 e. The molecule has 1 saturated carbocycles. The molecule has 3 N–H and O–H groups in total. The third kappa shape index (κ3) is 3.52. The lowest BCUT2D eigenvalue weighted by molar-refractivity contribution is -0.0659. The molecule has 0 unspecified atom stereocenters. The predicted molar refractivity (Wildman–Crippen MR) is 83.1 cm³/mol. The van der Waals surface area contributed by atoms with Gasteiger partial charge in [-0.25, -0.2) is 13.1 Å². The van der Waals surface area contributed by atoms with Gasteiger partial charge in [-0.2, -0.15) is 0 Å². The molecule has 1 fully saturated rings. The lowest BCUT2D eigenvalue weighted by Crippen LogP contribution is -2.49. The molecule has 0 heterocycles. The normalized spacial score (nSPS) is 17.5. The molecule has 0 aliphatic heterocycles. The fourth-order valence-corrected chi connectivity index (χ4v) is 4.25. The molecule has 0 bridgehead atoms. The van der Waals surface area contributed by atoms with Crippen molar-refractivity contribution in [1.82, 2.24) is 4.72 Å². The first-order valence-corrected chi connectivity index (χ1v) is 8.80. The van der Waals surface area contributed by atoms with Crippen LogP contribution >= 0.6 is 23.2 Å². The average Bonchev–Trinajstić information content (AvgIpc) is 2.37. The van der Waals surface area contributed by atoms with Crippen LogP contribution in [0.3, 0.4) is 0 Å². The first kappa shape index (κ1) is 17.0. The van der Waals surface area contributed by atoms with Crippen molar-refractivity contribution in [1.29, 1.82) is 0 Å². The molecular weight excluding hydrogens is 335 g/mol. The Morgan fingerprint density at radius 2 is 2.00 bits per heavy atom. The van der Waals surface area contributed by atoms with Gasteiger partial charge in [0, 0.05) is 25.2 Å². The maximum atomic E-state index is 12.4. The van der Waals surface area contributed by atoms with Crippen molar-refractivity contribution in [3.8, 4) is 0 Å². The van der Waals surface area contributed by atoms with Gasteiger partial charge in [0.25, 0.3) is 0 Å². The minimum absolute atomic E-state index is 0.0143. The number of nitrogens with one attached hydrogen (secondary N) is 1. The Labute approximate surface area is 134 Å². The zero-order chi connectivity index (χ0) is 15.7. The number of halogens is 2. The van der Waals surface area contributed by atoms with Crippen LogP contribution in [-0.4, -0.2) is 27.7 Å². The minimum atomic E-state index is -3.74. The van der Waals surface area contributed by atoms with E-state index in [9.17, 15) is 8.42 Å². The molecule has 1 aromatic rings. The van der Waals surface area contributed by atoms with Crippen LogP contribution in [0.25, 0.3) is 0 Å². The van der Waals surface area contributed by atoms with Gasteiger partial charge in [0.2, 0.25) is 10.0 Å². The van der Waals surface area contributed by atoms with Crippen molar-refractivity contribution < 1.29 is 13.2 Å². The van der Waals surface area contributed by atoms with E-state index in [1.807, 2.05) is 0 Å². The highest BCUT2D eigenvalue weighted by Crippen LogP contribution is 2.35. The molecule has 1 aromatic carbocycles. The number of benzene rings is 1. The van der Waals surface area contributed by atoms with Crippen LogP contribution in [0.2, 0.25) is 10.0 Å².